The summed E-state index contributed by atoms with van der Waals surface area (Å²) in [6.07, 6.45) is 3.42. The third-order valence-corrected chi connectivity index (χ3v) is 6.83. The minimum absolute atomic E-state index is 0.0199. The van der Waals surface area contributed by atoms with E-state index >= 15 is 0 Å². The SMILES string of the molecule is CC(c1cc(F)ccc1F)N1CCC2(CCN(C(=O)c3cncs3)CC2)C1=O. The van der Waals surface area contributed by atoms with Crippen LogP contribution in [0.2, 0.25) is 0 Å². The molecule has 0 radical (unpaired) electrons. The van der Waals surface area contributed by atoms with Crippen molar-refractivity contribution < 1.29 is 18.4 Å². The van der Waals surface area contributed by atoms with Gasteiger partial charge in [-0.05, 0) is 44.4 Å². The number of thiazole rings is 1. The number of hydrogen-bond acceptors (Lipinski definition) is 4. The molecule has 0 N–H and O–H groups in total. The van der Waals surface area contributed by atoms with E-state index in [1.165, 1.54) is 11.3 Å². The summed E-state index contributed by atoms with van der Waals surface area (Å²) in [6, 6.07) is 2.81. The second-order valence-corrected chi connectivity index (χ2v) is 8.41. The number of rotatable bonds is 3. The van der Waals surface area contributed by atoms with E-state index < -0.39 is 23.1 Å². The first kappa shape index (κ1) is 19.0. The summed E-state index contributed by atoms with van der Waals surface area (Å²) in [5.74, 6) is -1.09. The molecular formula is C20H21F2N3O2S. The average Bonchev–Trinajstić information content (AvgIpc) is 3.33. The van der Waals surface area contributed by atoms with Crippen molar-refractivity contribution in [3.63, 3.8) is 0 Å². The first-order valence-corrected chi connectivity index (χ1v) is 10.2. The summed E-state index contributed by atoms with van der Waals surface area (Å²) in [7, 11) is 0. The summed E-state index contributed by atoms with van der Waals surface area (Å²) >= 11 is 1.31. The van der Waals surface area contributed by atoms with Gasteiger partial charge in [-0.1, -0.05) is 0 Å². The number of likely N-dealkylation sites (tertiary alicyclic amines) is 2. The highest BCUT2D eigenvalue weighted by molar-refractivity contribution is 7.11. The van der Waals surface area contributed by atoms with E-state index in [-0.39, 0.29) is 17.4 Å². The highest BCUT2D eigenvalue weighted by Crippen LogP contribution is 2.44. The quantitative estimate of drug-likeness (QED) is 0.784. The highest BCUT2D eigenvalue weighted by atomic mass is 32.1. The molecule has 1 aromatic heterocycles. The maximum Gasteiger partial charge on any atom is 0.265 e. The fourth-order valence-corrected chi connectivity index (χ4v) is 4.89. The normalized spacial score (nSPS) is 20.0. The second kappa shape index (κ2) is 7.24. The lowest BCUT2D eigenvalue weighted by atomic mass is 9.77. The number of carbonyl (C=O) groups excluding carboxylic acids is 2. The molecule has 0 aliphatic carbocycles. The molecule has 5 nitrogen and oxygen atoms in total. The van der Waals surface area contributed by atoms with Gasteiger partial charge >= 0.3 is 0 Å². The summed E-state index contributed by atoms with van der Waals surface area (Å²) in [4.78, 5) is 33.7. The molecule has 2 aliphatic rings. The predicted molar refractivity (Wildman–Crippen MR) is 101 cm³/mol. The zero-order valence-electron chi connectivity index (χ0n) is 15.5. The molecule has 1 unspecified atom stereocenters. The van der Waals surface area contributed by atoms with Crippen LogP contribution in [0.25, 0.3) is 0 Å². The zero-order chi connectivity index (χ0) is 19.9. The van der Waals surface area contributed by atoms with E-state index in [4.69, 9.17) is 0 Å². The van der Waals surface area contributed by atoms with E-state index in [2.05, 4.69) is 4.98 Å². The van der Waals surface area contributed by atoms with Crippen LogP contribution in [0, 0.1) is 17.0 Å². The molecule has 2 saturated heterocycles. The standard InChI is InChI=1S/C20H21F2N3O2S/c1-13(15-10-14(21)2-3-16(15)22)25-9-6-20(19(25)27)4-7-24(8-5-20)18(26)17-11-23-12-28-17/h2-3,10-13H,4-9H2,1H3. The molecular weight excluding hydrogens is 384 g/mol. The van der Waals surface area contributed by atoms with E-state index in [0.717, 1.165) is 18.2 Å². The Balaban J connectivity index is 1.46. The Hall–Kier alpha value is -2.35. The lowest BCUT2D eigenvalue weighted by Gasteiger charge is -2.38. The monoisotopic (exact) mass is 405 g/mol. The predicted octanol–water partition coefficient (Wildman–Crippen LogP) is 3.64. The molecule has 1 aromatic carbocycles. The molecule has 1 atom stereocenters. The Morgan fingerprint density at radius 2 is 1.93 bits per heavy atom. The third-order valence-electron chi connectivity index (χ3n) is 6.07. The van der Waals surface area contributed by atoms with Gasteiger partial charge in [-0.2, -0.15) is 0 Å². The van der Waals surface area contributed by atoms with Gasteiger partial charge in [0.15, 0.2) is 0 Å². The van der Waals surface area contributed by atoms with Gasteiger partial charge in [-0.25, -0.2) is 8.78 Å². The Morgan fingerprint density at radius 1 is 1.21 bits per heavy atom. The van der Waals surface area contributed by atoms with Crippen LogP contribution in [-0.4, -0.2) is 46.2 Å². The summed E-state index contributed by atoms with van der Waals surface area (Å²) < 4.78 is 27.7. The van der Waals surface area contributed by atoms with Gasteiger partial charge in [0.25, 0.3) is 5.91 Å². The molecule has 1 spiro atoms. The van der Waals surface area contributed by atoms with Gasteiger partial charge in [0.05, 0.1) is 23.2 Å². The van der Waals surface area contributed by atoms with Crippen molar-refractivity contribution in [2.75, 3.05) is 19.6 Å². The lowest BCUT2D eigenvalue weighted by Crippen LogP contribution is -2.46. The topological polar surface area (TPSA) is 53.5 Å². The molecule has 2 fully saturated rings. The maximum absolute atomic E-state index is 14.2. The number of amides is 2. The van der Waals surface area contributed by atoms with E-state index in [1.807, 2.05) is 0 Å². The second-order valence-electron chi connectivity index (χ2n) is 7.53. The Bertz CT molecular complexity index is 895. The van der Waals surface area contributed by atoms with Crippen molar-refractivity contribution >= 4 is 23.2 Å². The number of halogens is 2. The Labute approximate surface area is 166 Å². The van der Waals surface area contributed by atoms with Crippen LogP contribution < -0.4 is 0 Å². The van der Waals surface area contributed by atoms with E-state index in [9.17, 15) is 18.4 Å². The molecule has 0 saturated carbocycles. The summed E-state index contributed by atoms with van der Waals surface area (Å²) in [5.41, 5.74) is 1.31. The molecule has 2 aliphatic heterocycles. The molecule has 8 heteroatoms. The fraction of sp³-hybridized carbons (Fsp3) is 0.450. The van der Waals surface area contributed by atoms with Gasteiger partial charge < -0.3 is 9.80 Å². The highest BCUT2D eigenvalue weighted by Gasteiger charge is 2.50. The van der Waals surface area contributed by atoms with Crippen LogP contribution in [0.4, 0.5) is 8.78 Å². The molecule has 3 heterocycles. The average molecular weight is 405 g/mol. The van der Waals surface area contributed by atoms with Crippen molar-refractivity contribution in [1.82, 2.24) is 14.8 Å². The molecule has 2 aromatic rings. The van der Waals surface area contributed by atoms with Gasteiger partial charge in [0.2, 0.25) is 5.91 Å². The molecule has 4 rings (SSSR count). The van der Waals surface area contributed by atoms with Crippen molar-refractivity contribution in [2.24, 2.45) is 5.41 Å². The number of nitrogens with zero attached hydrogens (tertiary/aromatic N) is 3. The largest absolute Gasteiger partial charge is 0.338 e. The van der Waals surface area contributed by atoms with Gasteiger partial charge in [0, 0.05) is 25.2 Å². The third kappa shape index (κ3) is 3.19. The van der Waals surface area contributed by atoms with Crippen molar-refractivity contribution in [3.8, 4) is 0 Å². The molecule has 2 amide bonds. The van der Waals surface area contributed by atoms with Crippen LogP contribution >= 0.6 is 11.3 Å². The fourth-order valence-electron chi connectivity index (χ4n) is 4.30. The van der Waals surface area contributed by atoms with Crippen LogP contribution in [0.5, 0.6) is 0 Å². The molecule has 0 bridgehead atoms. The number of aromatic nitrogens is 1. The smallest absolute Gasteiger partial charge is 0.265 e. The number of benzene rings is 1. The van der Waals surface area contributed by atoms with Crippen molar-refractivity contribution in [2.45, 2.75) is 32.2 Å². The van der Waals surface area contributed by atoms with Gasteiger partial charge in [-0.15, -0.1) is 11.3 Å². The minimum Gasteiger partial charge on any atom is -0.338 e. The number of carbonyl (C=O) groups is 2. The van der Waals surface area contributed by atoms with Crippen molar-refractivity contribution in [1.29, 1.82) is 0 Å². The summed E-state index contributed by atoms with van der Waals surface area (Å²) in [6.45, 7) is 3.27. The van der Waals surface area contributed by atoms with Crippen LogP contribution in [-0.2, 0) is 4.79 Å². The minimum atomic E-state index is -0.528. The van der Waals surface area contributed by atoms with Gasteiger partial charge in [0.1, 0.15) is 16.5 Å². The zero-order valence-corrected chi connectivity index (χ0v) is 16.3. The van der Waals surface area contributed by atoms with Crippen LogP contribution in [0.15, 0.2) is 29.9 Å². The molecule has 148 valence electrons. The van der Waals surface area contributed by atoms with E-state index in [0.29, 0.717) is 43.8 Å². The van der Waals surface area contributed by atoms with Gasteiger partial charge in [-0.3, -0.25) is 14.6 Å². The lowest BCUT2D eigenvalue weighted by molar-refractivity contribution is -0.139. The van der Waals surface area contributed by atoms with Crippen LogP contribution in [0.3, 0.4) is 0 Å². The first-order valence-electron chi connectivity index (χ1n) is 9.35. The Morgan fingerprint density at radius 3 is 2.61 bits per heavy atom. The van der Waals surface area contributed by atoms with Crippen molar-refractivity contribution in [3.05, 3.63) is 52.0 Å². The maximum atomic E-state index is 14.2. The number of piperidine rings is 1. The first-order chi connectivity index (χ1) is 13.4. The van der Waals surface area contributed by atoms with E-state index in [1.54, 1.807) is 28.4 Å². The Kier molecular flexibility index (Phi) is 4.91. The molecule has 28 heavy (non-hydrogen) atoms. The summed E-state index contributed by atoms with van der Waals surface area (Å²) in [5, 5.41) is 0. The number of hydrogen-bond donors (Lipinski definition) is 0. The van der Waals surface area contributed by atoms with Crippen LogP contribution in [0.1, 0.15) is 47.5 Å².